The predicted molar refractivity (Wildman–Crippen MR) is 76.4 cm³/mol. The Kier molecular flexibility index (Phi) is 4.55. The highest BCUT2D eigenvalue weighted by atomic mass is 16.4. The largest absolute Gasteiger partial charge is 0.480 e. The van der Waals surface area contributed by atoms with Crippen LogP contribution < -0.4 is 5.32 Å². The zero-order chi connectivity index (χ0) is 14.9. The summed E-state index contributed by atoms with van der Waals surface area (Å²) in [5.74, 6) is 0.320. The molecule has 0 spiro atoms. The fourth-order valence-electron chi connectivity index (χ4n) is 3.67. The number of hydrogen-bond donors (Lipinski definition) is 2. The normalized spacial score (nSPS) is 37.8. The molecule has 1 saturated carbocycles. The molecule has 5 unspecified atom stereocenters. The Hall–Kier alpha value is -1.26. The lowest BCUT2D eigenvalue weighted by molar-refractivity contribution is -0.142. The molecule has 1 aliphatic heterocycles. The van der Waals surface area contributed by atoms with Gasteiger partial charge >= 0.3 is 12.0 Å². The van der Waals surface area contributed by atoms with Crippen LogP contribution in [0.2, 0.25) is 0 Å². The van der Waals surface area contributed by atoms with Crippen molar-refractivity contribution in [2.45, 2.75) is 58.5 Å². The minimum atomic E-state index is -0.893. The highest BCUT2D eigenvalue weighted by Crippen LogP contribution is 2.29. The topological polar surface area (TPSA) is 69.6 Å². The Morgan fingerprint density at radius 1 is 1.10 bits per heavy atom. The average molecular weight is 282 g/mol. The summed E-state index contributed by atoms with van der Waals surface area (Å²) in [4.78, 5) is 25.2. The van der Waals surface area contributed by atoms with E-state index in [-0.39, 0.29) is 18.0 Å². The van der Waals surface area contributed by atoms with Gasteiger partial charge in [0.2, 0.25) is 0 Å². The molecule has 1 heterocycles. The van der Waals surface area contributed by atoms with Gasteiger partial charge in [-0.2, -0.15) is 0 Å². The molecule has 0 aromatic carbocycles. The second-order valence-electron chi connectivity index (χ2n) is 6.69. The fraction of sp³-hybridized carbons (Fsp3) is 0.867. The van der Waals surface area contributed by atoms with Crippen LogP contribution in [0.15, 0.2) is 0 Å². The van der Waals surface area contributed by atoms with Crippen molar-refractivity contribution in [2.75, 3.05) is 6.54 Å². The zero-order valence-corrected chi connectivity index (χ0v) is 12.6. The van der Waals surface area contributed by atoms with Crippen LogP contribution >= 0.6 is 0 Å². The summed E-state index contributed by atoms with van der Waals surface area (Å²) in [7, 11) is 0. The number of nitrogens with one attached hydrogen (secondary N) is 1. The van der Waals surface area contributed by atoms with Crippen LogP contribution in [0.3, 0.4) is 0 Å². The van der Waals surface area contributed by atoms with E-state index in [4.69, 9.17) is 0 Å². The SMILES string of the molecule is CC1CCC(NC(=O)N2CCC(C)C2C(=O)O)C(C)C1. The lowest BCUT2D eigenvalue weighted by Crippen LogP contribution is -2.52. The first-order valence-electron chi connectivity index (χ1n) is 7.70. The number of carbonyl (C=O) groups excluding carboxylic acids is 1. The number of urea groups is 1. The molecule has 0 aromatic heterocycles. The first-order valence-corrected chi connectivity index (χ1v) is 7.70. The third kappa shape index (κ3) is 3.07. The lowest BCUT2D eigenvalue weighted by atomic mass is 9.80. The van der Waals surface area contributed by atoms with Crippen LogP contribution in [-0.2, 0) is 4.79 Å². The molecule has 5 nitrogen and oxygen atoms in total. The van der Waals surface area contributed by atoms with E-state index >= 15 is 0 Å². The van der Waals surface area contributed by atoms with Crippen LogP contribution in [0.1, 0.15) is 46.5 Å². The summed E-state index contributed by atoms with van der Waals surface area (Å²) >= 11 is 0. The zero-order valence-electron chi connectivity index (χ0n) is 12.6. The predicted octanol–water partition coefficient (Wildman–Crippen LogP) is 2.32. The maximum absolute atomic E-state index is 12.4. The minimum absolute atomic E-state index is 0.0297. The van der Waals surface area contributed by atoms with Crippen molar-refractivity contribution in [1.82, 2.24) is 10.2 Å². The first-order chi connectivity index (χ1) is 9.40. The molecule has 0 aromatic rings. The van der Waals surface area contributed by atoms with E-state index in [2.05, 4.69) is 19.2 Å². The van der Waals surface area contributed by atoms with E-state index in [1.807, 2.05) is 6.92 Å². The van der Waals surface area contributed by atoms with E-state index in [9.17, 15) is 14.7 Å². The Balaban J connectivity index is 1.96. The molecule has 2 amide bonds. The Labute approximate surface area is 120 Å². The number of nitrogens with zero attached hydrogens (tertiary/aromatic N) is 1. The molecule has 2 fully saturated rings. The third-order valence-corrected chi connectivity index (χ3v) is 4.95. The molecule has 20 heavy (non-hydrogen) atoms. The standard InChI is InChI=1S/C15H26N2O3/c1-9-4-5-12(11(3)8-9)16-15(20)17-7-6-10(2)13(17)14(18)19/h9-13H,4-8H2,1-3H3,(H,16,20)(H,18,19). The highest BCUT2D eigenvalue weighted by molar-refractivity contribution is 5.83. The van der Waals surface area contributed by atoms with Gasteiger partial charge in [-0.1, -0.05) is 20.8 Å². The number of hydrogen-bond acceptors (Lipinski definition) is 2. The third-order valence-electron chi connectivity index (χ3n) is 4.95. The molecule has 2 aliphatic rings. The second kappa shape index (κ2) is 6.02. The number of amides is 2. The maximum Gasteiger partial charge on any atom is 0.326 e. The van der Waals surface area contributed by atoms with E-state index in [0.717, 1.165) is 31.6 Å². The molecule has 0 bridgehead atoms. The minimum Gasteiger partial charge on any atom is -0.480 e. The molecular formula is C15H26N2O3. The van der Waals surface area contributed by atoms with Crippen LogP contribution in [0.4, 0.5) is 4.79 Å². The van der Waals surface area contributed by atoms with Gasteiger partial charge in [0.05, 0.1) is 0 Å². The number of carboxylic acids is 1. The molecule has 5 atom stereocenters. The quantitative estimate of drug-likeness (QED) is 0.816. The fourth-order valence-corrected chi connectivity index (χ4v) is 3.67. The molecular weight excluding hydrogens is 256 g/mol. The molecule has 0 radical (unpaired) electrons. The molecule has 2 N–H and O–H groups in total. The summed E-state index contributed by atoms with van der Waals surface area (Å²) < 4.78 is 0. The van der Waals surface area contributed by atoms with Gasteiger partial charge in [0.25, 0.3) is 0 Å². The number of aliphatic carboxylic acids is 1. The van der Waals surface area contributed by atoms with Crippen LogP contribution in [0.5, 0.6) is 0 Å². The van der Waals surface area contributed by atoms with Crippen molar-refractivity contribution >= 4 is 12.0 Å². The summed E-state index contributed by atoms with van der Waals surface area (Å²) in [6.45, 7) is 6.86. The monoisotopic (exact) mass is 282 g/mol. The van der Waals surface area contributed by atoms with Crippen LogP contribution in [-0.4, -0.2) is 40.6 Å². The van der Waals surface area contributed by atoms with Gasteiger partial charge in [-0.15, -0.1) is 0 Å². The number of carbonyl (C=O) groups is 2. The van der Waals surface area contributed by atoms with Crippen molar-refractivity contribution in [3.8, 4) is 0 Å². The molecule has 5 heteroatoms. The summed E-state index contributed by atoms with van der Waals surface area (Å²) in [5.41, 5.74) is 0. The van der Waals surface area contributed by atoms with Crippen molar-refractivity contribution in [3.05, 3.63) is 0 Å². The maximum atomic E-state index is 12.4. The van der Waals surface area contributed by atoms with Crippen LogP contribution in [0, 0.1) is 17.8 Å². The van der Waals surface area contributed by atoms with Gasteiger partial charge in [-0.05, 0) is 43.4 Å². The molecule has 114 valence electrons. The van der Waals surface area contributed by atoms with Crippen molar-refractivity contribution in [1.29, 1.82) is 0 Å². The Morgan fingerprint density at radius 2 is 1.80 bits per heavy atom. The lowest BCUT2D eigenvalue weighted by Gasteiger charge is -2.35. The van der Waals surface area contributed by atoms with Crippen molar-refractivity contribution < 1.29 is 14.7 Å². The Morgan fingerprint density at radius 3 is 2.40 bits per heavy atom. The first kappa shape index (κ1) is 15.1. The summed E-state index contributed by atoms with van der Waals surface area (Å²) in [6.07, 6.45) is 4.02. The summed E-state index contributed by atoms with van der Waals surface area (Å²) in [6, 6.07) is -0.690. The van der Waals surface area contributed by atoms with Gasteiger partial charge in [-0.25, -0.2) is 9.59 Å². The van der Waals surface area contributed by atoms with E-state index < -0.39 is 12.0 Å². The Bertz CT molecular complexity index is 385. The van der Waals surface area contributed by atoms with Crippen molar-refractivity contribution in [2.24, 2.45) is 17.8 Å². The highest BCUT2D eigenvalue weighted by Gasteiger charge is 2.40. The van der Waals surface area contributed by atoms with Crippen LogP contribution in [0.25, 0.3) is 0 Å². The van der Waals surface area contributed by atoms with E-state index in [1.165, 1.54) is 4.90 Å². The molecule has 1 saturated heterocycles. The number of carboxylic acid groups (broad SMARTS) is 1. The van der Waals surface area contributed by atoms with Gasteiger partial charge in [0.1, 0.15) is 6.04 Å². The van der Waals surface area contributed by atoms with Gasteiger partial charge in [0, 0.05) is 12.6 Å². The molecule has 1 aliphatic carbocycles. The smallest absolute Gasteiger partial charge is 0.326 e. The molecule has 2 rings (SSSR count). The van der Waals surface area contributed by atoms with Gasteiger partial charge in [-0.3, -0.25) is 0 Å². The second-order valence-corrected chi connectivity index (χ2v) is 6.69. The van der Waals surface area contributed by atoms with E-state index in [1.54, 1.807) is 0 Å². The average Bonchev–Trinajstić information content (AvgIpc) is 2.74. The number of rotatable bonds is 2. The van der Waals surface area contributed by atoms with Crippen molar-refractivity contribution in [3.63, 3.8) is 0 Å². The van der Waals surface area contributed by atoms with E-state index in [0.29, 0.717) is 12.5 Å². The summed E-state index contributed by atoms with van der Waals surface area (Å²) in [5, 5.41) is 12.3. The van der Waals surface area contributed by atoms with Gasteiger partial charge in [0.15, 0.2) is 0 Å². The number of likely N-dealkylation sites (tertiary alicyclic amines) is 1. The van der Waals surface area contributed by atoms with Gasteiger partial charge < -0.3 is 15.3 Å².